The van der Waals surface area contributed by atoms with E-state index in [9.17, 15) is 9.59 Å². The molecule has 2 aliphatic heterocycles. The number of piperazine rings is 1. The van der Waals surface area contributed by atoms with E-state index in [2.05, 4.69) is 50.6 Å². The van der Waals surface area contributed by atoms with Gasteiger partial charge in [0.05, 0.1) is 11.6 Å². The van der Waals surface area contributed by atoms with Crippen LogP contribution in [0.4, 0.5) is 5.69 Å². The summed E-state index contributed by atoms with van der Waals surface area (Å²) in [5, 5.41) is 7.38. The Labute approximate surface area is 260 Å². The van der Waals surface area contributed by atoms with Crippen LogP contribution in [0.1, 0.15) is 56.5 Å². The molecule has 2 amide bonds. The van der Waals surface area contributed by atoms with Gasteiger partial charge in [-0.15, -0.1) is 0 Å². The van der Waals surface area contributed by atoms with Gasteiger partial charge in [0.25, 0.3) is 5.91 Å². The number of aromatic nitrogens is 1. The van der Waals surface area contributed by atoms with E-state index < -0.39 is 5.60 Å². The summed E-state index contributed by atoms with van der Waals surface area (Å²) < 4.78 is 11.6. The van der Waals surface area contributed by atoms with Crippen molar-refractivity contribution in [3.63, 3.8) is 0 Å². The Morgan fingerprint density at radius 3 is 2.48 bits per heavy atom. The topological polar surface area (TPSA) is 91.1 Å². The number of benzene rings is 2. The summed E-state index contributed by atoms with van der Waals surface area (Å²) in [6, 6.07) is 16.8. The number of rotatable bonds is 9. The number of nitrogens with zero attached hydrogens (tertiary/aromatic N) is 4. The normalized spacial score (nSPS) is 19.1. The van der Waals surface area contributed by atoms with Gasteiger partial charge in [-0.25, -0.2) is 0 Å². The predicted octanol–water partition coefficient (Wildman–Crippen LogP) is 4.96. The molecule has 0 bridgehead atoms. The molecule has 3 aliphatic rings. The van der Waals surface area contributed by atoms with E-state index in [4.69, 9.17) is 9.26 Å². The largest absolute Gasteiger partial charge is 0.478 e. The third kappa shape index (κ3) is 6.62. The summed E-state index contributed by atoms with van der Waals surface area (Å²) >= 11 is 0. The van der Waals surface area contributed by atoms with E-state index in [1.165, 1.54) is 0 Å². The maximum atomic E-state index is 14.0. The van der Waals surface area contributed by atoms with Gasteiger partial charge in [0, 0.05) is 69.2 Å². The van der Waals surface area contributed by atoms with Crippen molar-refractivity contribution in [2.24, 2.45) is 5.92 Å². The molecule has 1 N–H and O–H groups in total. The summed E-state index contributed by atoms with van der Waals surface area (Å²) in [6.07, 6.45) is 3.99. The Morgan fingerprint density at radius 2 is 1.80 bits per heavy atom. The van der Waals surface area contributed by atoms with Gasteiger partial charge in [-0.2, -0.15) is 0 Å². The zero-order chi connectivity index (χ0) is 30.8. The minimum atomic E-state index is -0.966. The second kappa shape index (κ2) is 12.6. The van der Waals surface area contributed by atoms with Gasteiger partial charge >= 0.3 is 0 Å². The number of amides is 2. The molecule has 1 aromatic heterocycles. The van der Waals surface area contributed by atoms with E-state index in [0.29, 0.717) is 38.0 Å². The lowest BCUT2D eigenvalue weighted by Crippen LogP contribution is -2.54. The van der Waals surface area contributed by atoms with Crippen LogP contribution in [-0.4, -0.2) is 77.7 Å². The van der Waals surface area contributed by atoms with Crippen molar-refractivity contribution in [1.29, 1.82) is 0 Å². The Balaban J connectivity index is 1.11. The molecule has 44 heavy (non-hydrogen) atoms. The number of aryl methyl sites for hydroxylation is 2. The number of piperidine rings is 1. The van der Waals surface area contributed by atoms with E-state index >= 15 is 0 Å². The molecule has 234 valence electrons. The Hall–Kier alpha value is -3.85. The Bertz CT molecular complexity index is 1450. The first-order valence-corrected chi connectivity index (χ1v) is 16.1. The molecule has 3 heterocycles. The molecular formula is C35H45N5O4. The van der Waals surface area contributed by atoms with Gasteiger partial charge in [-0.3, -0.25) is 9.59 Å². The van der Waals surface area contributed by atoms with Crippen LogP contribution >= 0.6 is 0 Å². The summed E-state index contributed by atoms with van der Waals surface area (Å²) in [6.45, 7) is 12.8. The number of carbonyl (C=O) groups is 2. The molecule has 2 aromatic carbocycles. The Morgan fingerprint density at radius 1 is 1.05 bits per heavy atom. The average Bonchev–Trinajstić information content (AvgIpc) is 3.83. The van der Waals surface area contributed by atoms with Crippen LogP contribution in [0.3, 0.4) is 0 Å². The molecule has 3 fully saturated rings. The number of hydrogen-bond donors (Lipinski definition) is 1. The first-order chi connectivity index (χ1) is 21.2. The van der Waals surface area contributed by atoms with Crippen LogP contribution in [0.2, 0.25) is 0 Å². The van der Waals surface area contributed by atoms with Crippen molar-refractivity contribution in [3.8, 4) is 16.9 Å². The lowest BCUT2D eigenvalue weighted by Gasteiger charge is -2.37. The van der Waals surface area contributed by atoms with E-state index in [1.807, 2.05) is 50.8 Å². The van der Waals surface area contributed by atoms with Crippen LogP contribution in [0, 0.1) is 19.8 Å². The standard InChI is InChI=1S/C35H45N5O4/c1-24-32(25(2)44-37-24)27-12-10-26(11-13-27)22-40(29-14-15-29)33(41)28-7-6-18-39(23-28)30-8-5-9-31(21-30)43-35(3,4)34(42)38-19-16-36-17-20-38/h5,8-13,21,28-29,36H,6-7,14-20,22-23H2,1-4H3. The second-order valence-electron chi connectivity index (χ2n) is 13.0. The van der Waals surface area contributed by atoms with Crippen LogP contribution < -0.4 is 15.0 Å². The lowest BCUT2D eigenvalue weighted by molar-refractivity contribution is -0.146. The molecule has 1 saturated carbocycles. The highest BCUT2D eigenvalue weighted by molar-refractivity contribution is 5.85. The fourth-order valence-electron chi connectivity index (χ4n) is 6.62. The summed E-state index contributed by atoms with van der Waals surface area (Å²) in [7, 11) is 0. The summed E-state index contributed by atoms with van der Waals surface area (Å²) in [4.78, 5) is 33.5. The van der Waals surface area contributed by atoms with Crippen LogP contribution in [0.5, 0.6) is 5.75 Å². The monoisotopic (exact) mass is 599 g/mol. The van der Waals surface area contributed by atoms with Crippen molar-refractivity contribution in [2.45, 2.75) is 71.6 Å². The minimum Gasteiger partial charge on any atom is -0.478 e. The number of nitrogens with one attached hydrogen (secondary N) is 1. The molecule has 1 unspecified atom stereocenters. The van der Waals surface area contributed by atoms with Crippen LogP contribution in [-0.2, 0) is 16.1 Å². The number of ether oxygens (including phenoxy) is 1. The lowest BCUT2D eigenvalue weighted by atomic mass is 9.95. The molecule has 0 radical (unpaired) electrons. The second-order valence-corrected chi connectivity index (χ2v) is 13.0. The number of anilines is 1. The van der Waals surface area contributed by atoms with Crippen molar-refractivity contribution in [1.82, 2.24) is 20.3 Å². The van der Waals surface area contributed by atoms with E-state index in [1.54, 1.807) is 0 Å². The highest BCUT2D eigenvalue weighted by atomic mass is 16.5. The van der Waals surface area contributed by atoms with Gasteiger partial charge in [-0.1, -0.05) is 35.5 Å². The number of carbonyl (C=O) groups excluding carboxylic acids is 2. The summed E-state index contributed by atoms with van der Waals surface area (Å²) in [5.74, 6) is 1.69. The van der Waals surface area contributed by atoms with Crippen LogP contribution in [0.25, 0.3) is 11.1 Å². The maximum absolute atomic E-state index is 14.0. The summed E-state index contributed by atoms with van der Waals surface area (Å²) in [5.41, 5.74) is 4.20. The highest BCUT2D eigenvalue weighted by Crippen LogP contribution is 2.34. The van der Waals surface area contributed by atoms with Gasteiger partial charge in [0.1, 0.15) is 11.5 Å². The third-order valence-corrected chi connectivity index (χ3v) is 9.15. The molecule has 6 rings (SSSR count). The van der Waals surface area contributed by atoms with Crippen molar-refractivity contribution in [3.05, 3.63) is 65.5 Å². The third-order valence-electron chi connectivity index (χ3n) is 9.15. The van der Waals surface area contributed by atoms with Crippen LogP contribution in [0.15, 0.2) is 53.1 Å². The Kier molecular flexibility index (Phi) is 8.67. The van der Waals surface area contributed by atoms with Gasteiger partial charge in [0.15, 0.2) is 5.60 Å². The van der Waals surface area contributed by atoms with Gasteiger partial charge in [0.2, 0.25) is 5.91 Å². The first-order valence-electron chi connectivity index (χ1n) is 16.1. The minimum absolute atomic E-state index is 0.00607. The maximum Gasteiger partial charge on any atom is 0.266 e. The SMILES string of the molecule is Cc1noc(C)c1-c1ccc(CN(C(=O)C2CCCN(c3cccc(OC(C)(C)C(=O)N4CCNCC4)c3)C2)C2CC2)cc1. The quantitative estimate of drug-likeness (QED) is 0.372. The highest BCUT2D eigenvalue weighted by Gasteiger charge is 2.38. The molecule has 9 nitrogen and oxygen atoms in total. The van der Waals surface area contributed by atoms with Crippen molar-refractivity contribution >= 4 is 17.5 Å². The predicted molar refractivity (Wildman–Crippen MR) is 171 cm³/mol. The number of hydrogen-bond acceptors (Lipinski definition) is 7. The molecule has 0 spiro atoms. The zero-order valence-electron chi connectivity index (χ0n) is 26.5. The van der Waals surface area contributed by atoms with Gasteiger partial charge < -0.3 is 29.3 Å². The molecule has 9 heteroatoms. The fourth-order valence-corrected chi connectivity index (χ4v) is 6.62. The first kappa shape index (κ1) is 30.2. The van der Waals surface area contributed by atoms with Crippen molar-refractivity contribution < 1.29 is 18.8 Å². The molecular weight excluding hydrogens is 554 g/mol. The van der Waals surface area contributed by atoms with Gasteiger partial charge in [-0.05, 0) is 76.6 Å². The zero-order valence-corrected chi connectivity index (χ0v) is 26.5. The average molecular weight is 600 g/mol. The van der Waals surface area contributed by atoms with Crippen molar-refractivity contribution in [2.75, 3.05) is 44.2 Å². The van der Waals surface area contributed by atoms with E-state index in [0.717, 1.165) is 79.1 Å². The molecule has 1 atom stereocenters. The molecule has 2 saturated heterocycles. The fraction of sp³-hybridized carbons (Fsp3) is 0.514. The van der Waals surface area contributed by atoms with E-state index in [-0.39, 0.29) is 17.7 Å². The molecule has 1 aliphatic carbocycles. The smallest absolute Gasteiger partial charge is 0.266 e. The molecule has 3 aromatic rings.